The van der Waals surface area contributed by atoms with E-state index in [4.69, 9.17) is 0 Å². The van der Waals surface area contributed by atoms with E-state index in [0.29, 0.717) is 6.42 Å². The smallest absolute Gasteiger partial charge is 0.178 e. The third kappa shape index (κ3) is 2.16. The van der Waals surface area contributed by atoms with Crippen molar-refractivity contribution in [3.05, 3.63) is 57.6 Å². The molecule has 0 unspecified atom stereocenters. The van der Waals surface area contributed by atoms with Crippen LogP contribution < -0.4 is 0 Å². The number of ketones is 1. The predicted molar refractivity (Wildman–Crippen MR) is 74.2 cm³/mol. The van der Waals surface area contributed by atoms with Gasteiger partial charge in [-0.15, -0.1) is 22.7 Å². The van der Waals surface area contributed by atoms with Crippen molar-refractivity contribution in [1.29, 1.82) is 0 Å². The van der Waals surface area contributed by atoms with Gasteiger partial charge in [0, 0.05) is 16.0 Å². The molecule has 0 aliphatic heterocycles. The number of carbonyl (C=O) groups is 1. The Morgan fingerprint density at radius 2 is 2.00 bits per heavy atom. The predicted octanol–water partition coefficient (Wildman–Crippen LogP) is 4.39. The van der Waals surface area contributed by atoms with Crippen molar-refractivity contribution in [3.8, 4) is 0 Å². The van der Waals surface area contributed by atoms with Gasteiger partial charge < -0.3 is 0 Å². The third-order valence-electron chi connectivity index (χ3n) is 2.62. The summed E-state index contributed by atoms with van der Waals surface area (Å²) in [4.78, 5) is 14.1. The molecule has 2 heterocycles. The minimum atomic E-state index is 0.216. The molecule has 1 aromatic carbocycles. The van der Waals surface area contributed by atoms with Crippen molar-refractivity contribution in [2.45, 2.75) is 6.42 Å². The Balaban J connectivity index is 1.90. The largest absolute Gasteiger partial charge is 0.293 e. The maximum absolute atomic E-state index is 12.1. The normalized spacial score (nSPS) is 10.8. The number of carbonyl (C=O) groups excluding carboxylic acids is 1. The molecule has 0 radical (unpaired) electrons. The second-order valence-corrected chi connectivity index (χ2v) is 5.94. The zero-order valence-electron chi connectivity index (χ0n) is 9.05. The Morgan fingerprint density at radius 1 is 1.12 bits per heavy atom. The molecule has 2 aromatic heterocycles. The van der Waals surface area contributed by atoms with Crippen molar-refractivity contribution in [2.75, 3.05) is 0 Å². The van der Waals surface area contributed by atoms with Gasteiger partial charge in [0.2, 0.25) is 0 Å². The third-order valence-corrected chi connectivity index (χ3v) is 4.65. The fourth-order valence-electron chi connectivity index (χ4n) is 1.78. The number of benzene rings is 1. The minimum absolute atomic E-state index is 0.216. The van der Waals surface area contributed by atoms with E-state index < -0.39 is 0 Å². The van der Waals surface area contributed by atoms with E-state index in [1.54, 1.807) is 22.7 Å². The van der Waals surface area contributed by atoms with Crippen molar-refractivity contribution < 1.29 is 4.79 Å². The molecule has 0 saturated heterocycles. The van der Waals surface area contributed by atoms with E-state index in [2.05, 4.69) is 6.07 Å². The highest BCUT2D eigenvalue weighted by atomic mass is 32.1. The molecular weight excluding hydrogens is 248 g/mol. The van der Waals surface area contributed by atoms with Gasteiger partial charge in [0.15, 0.2) is 5.78 Å². The van der Waals surface area contributed by atoms with Crippen LogP contribution in [0.2, 0.25) is 0 Å². The van der Waals surface area contributed by atoms with Gasteiger partial charge in [-0.2, -0.15) is 0 Å². The number of Topliss-reactive ketones (excluding diaryl/α,β-unsaturated/α-hetero) is 1. The number of thiophene rings is 2. The standard InChI is InChI=1S/C14H10OS2/c15-12(9-11-5-3-7-16-11)14-8-10-4-1-2-6-13(10)17-14/h1-8H,9H2. The van der Waals surface area contributed by atoms with E-state index in [9.17, 15) is 4.79 Å². The highest BCUT2D eigenvalue weighted by Gasteiger charge is 2.11. The van der Waals surface area contributed by atoms with Crippen molar-refractivity contribution in [1.82, 2.24) is 0 Å². The average Bonchev–Trinajstić information content (AvgIpc) is 2.96. The summed E-state index contributed by atoms with van der Waals surface area (Å²) < 4.78 is 1.18. The van der Waals surface area contributed by atoms with Gasteiger partial charge in [-0.1, -0.05) is 24.3 Å². The van der Waals surface area contributed by atoms with Gasteiger partial charge in [0.05, 0.1) is 4.88 Å². The molecule has 3 aromatic rings. The number of fused-ring (bicyclic) bond motifs is 1. The Kier molecular flexibility index (Phi) is 2.79. The lowest BCUT2D eigenvalue weighted by atomic mass is 10.2. The Morgan fingerprint density at radius 3 is 2.76 bits per heavy atom. The average molecular weight is 258 g/mol. The molecule has 84 valence electrons. The second kappa shape index (κ2) is 4.43. The summed E-state index contributed by atoms with van der Waals surface area (Å²) in [6, 6.07) is 14.1. The fraction of sp³-hybridized carbons (Fsp3) is 0.0714. The molecule has 3 heteroatoms. The highest BCUT2D eigenvalue weighted by Crippen LogP contribution is 2.26. The monoisotopic (exact) mass is 258 g/mol. The van der Waals surface area contributed by atoms with Crippen molar-refractivity contribution >= 4 is 38.5 Å². The molecule has 0 aliphatic carbocycles. The lowest BCUT2D eigenvalue weighted by Crippen LogP contribution is -1.98. The lowest BCUT2D eigenvalue weighted by molar-refractivity contribution is 0.0998. The number of rotatable bonds is 3. The molecule has 0 N–H and O–H groups in total. The van der Waals surface area contributed by atoms with Gasteiger partial charge in [0.25, 0.3) is 0 Å². The van der Waals surface area contributed by atoms with Crippen LogP contribution in [0.3, 0.4) is 0 Å². The van der Waals surface area contributed by atoms with Crippen LogP contribution in [0.25, 0.3) is 10.1 Å². The van der Waals surface area contributed by atoms with Crippen molar-refractivity contribution in [3.63, 3.8) is 0 Å². The summed E-state index contributed by atoms with van der Waals surface area (Å²) in [6.45, 7) is 0. The molecule has 3 rings (SSSR count). The van der Waals surface area contributed by atoms with Crippen LogP contribution in [0.4, 0.5) is 0 Å². The molecule has 17 heavy (non-hydrogen) atoms. The van der Waals surface area contributed by atoms with Crippen LogP contribution in [-0.4, -0.2) is 5.78 Å². The maximum atomic E-state index is 12.1. The molecule has 0 saturated carbocycles. The summed E-state index contributed by atoms with van der Waals surface area (Å²) >= 11 is 3.22. The molecular formula is C14H10OS2. The molecule has 0 atom stereocenters. The van der Waals surface area contributed by atoms with Gasteiger partial charge in [-0.05, 0) is 29.0 Å². The summed E-state index contributed by atoms with van der Waals surface area (Å²) in [7, 11) is 0. The zero-order valence-corrected chi connectivity index (χ0v) is 10.7. The van der Waals surface area contributed by atoms with Crippen molar-refractivity contribution in [2.24, 2.45) is 0 Å². The Hall–Kier alpha value is -1.45. The molecule has 0 fully saturated rings. The summed E-state index contributed by atoms with van der Waals surface area (Å²) in [5.74, 6) is 0.216. The Bertz CT molecular complexity index is 617. The quantitative estimate of drug-likeness (QED) is 0.637. The summed E-state index contributed by atoms with van der Waals surface area (Å²) in [5, 5.41) is 3.17. The number of hydrogen-bond acceptors (Lipinski definition) is 3. The molecule has 1 nitrogen and oxygen atoms in total. The first-order chi connectivity index (χ1) is 8.33. The molecule has 0 bridgehead atoms. The van der Waals surface area contributed by atoms with Gasteiger partial charge >= 0.3 is 0 Å². The van der Waals surface area contributed by atoms with Crippen LogP contribution in [0, 0.1) is 0 Å². The Labute approximate surface area is 107 Å². The van der Waals surface area contributed by atoms with Crippen LogP contribution >= 0.6 is 22.7 Å². The molecule has 0 spiro atoms. The highest BCUT2D eigenvalue weighted by molar-refractivity contribution is 7.20. The second-order valence-electron chi connectivity index (χ2n) is 3.83. The first-order valence-corrected chi connectivity index (χ1v) is 7.07. The summed E-state index contributed by atoms with van der Waals surface area (Å²) in [5.41, 5.74) is 0. The molecule has 0 aliphatic rings. The molecule has 0 amide bonds. The SMILES string of the molecule is O=C(Cc1cccs1)c1cc2ccccc2s1. The van der Waals surface area contributed by atoms with Crippen LogP contribution in [0.15, 0.2) is 47.8 Å². The zero-order chi connectivity index (χ0) is 11.7. The van der Waals surface area contributed by atoms with Gasteiger partial charge in [-0.25, -0.2) is 0 Å². The first kappa shape index (κ1) is 10.7. The number of hydrogen-bond donors (Lipinski definition) is 0. The van der Waals surface area contributed by atoms with E-state index in [1.165, 1.54) is 4.70 Å². The van der Waals surface area contributed by atoms with Crippen LogP contribution in [-0.2, 0) is 6.42 Å². The maximum Gasteiger partial charge on any atom is 0.178 e. The van der Waals surface area contributed by atoms with E-state index in [0.717, 1.165) is 15.1 Å². The summed E-state index contributed by atoms with van der Waals surface area (Å²) in [6.07, 6.45) is 0.518. The van der Waals surface area contributed by atoms with E-state index in [1.807, 2.05) is 41.8 Å². The lowest BCUT2D eigenvalue weighted by Gasteiger charge is -1.93. The fourth-order valence-corrected chi connectivity index (χ4v) is 3.48. The van der Waals surface area contributed by atoms with Gasteiger partial charge in [-0.3, -0.25) is 4.79 Å². The van der Waals surface area contributed by atoms with Crippen LogP contribution in [0.1, 0.15) is 14.5 Å². The van der Waals surface area contributed by atoms with Gasteiger partial charge in [0.1, 0.15) is 0 Å². The van der Waals surface area contributed by atoms with E-state index >= 15 is 0 Å². The van der Waals surface area contributed by atoms with E-state index in [-0.39, 0.29) is 5.78 Å². The topological polar surface area (TPSA) is 17.1 Å². The first-order valence-electron chi connectivity index (χ1n) is 5.37. The van der Waals surface area contributed by atoms with Crippen LogP contribution in [0.5, 0.6) is 0 Å². The minimum Gasteiger partial charge on any atom is -0.293 e.